The third-order valence-corrected chi connectivity index (χ3v) is 6.33. The number of hydrogen-bond donors (Lipinski definition) is 2. The van der Waals surface area contributed by atoms with E-state index in [2.05, 4.69) is 5.32 Å². The summed E-state index contributed by atoms with van der Waals surface area (Å²) in [6, 6.07) is 3.63. The number of phenolic OH excluding ortho intramolecular Hbond substituents is 1. The first kappa shape index (κ1) is 16.3. The summed E-state index contributed by atoms with van der Waals surface area (Å²) in [5.74, 6) is 0.714. The van der Waals surface area contributed by atoms with Crippen LogP contribution in [0.2, 0.25) is 0 Å². The Morgan fingerprint density at radius 1 is 1.16 bits per heavy atom. The lowest BCUT2D eigenvalue weighted by Crippen LogP contribution is -2.23. The minimum absolute atomic E-state index is 0.0124. The molecule has 0 unspecified atom stereocenters. The molecule has 0 bridgehead atoms. The molecule has 1 amide bonds. The Morgan fingerprint density at radius 2 is 1.84 bits per heavy atom. The van der Waals surface area contributed by atoms with Crippen molar-refractivity contribution in [1.82, 2.24) is 0 Å². The van der Waals surface area contributed by atoms with Gasteiger partial charge in [0, 0.05) is 17.2 Å². The molecule has 1 aliphatic carbocycles. The molecular formula is C19H21NO4S. The molecule has 0 spiro atoms. The normalized spacial score (nSPS) is 19.0. The molecule has 2 N–H and O–H groups in total. The number of benzene rings is 1. The van der Waals surface area contributed by atoms with Crippen molar-refractivity contribution in [3.05, 3.63) is 33.7 Å². The van der Waals surface area contributed by atoms with Crippen molar-refractivity contribution < 1.29 is 19.4 Å². The van der Waals surface area contributed by atoms with Crippen molar-refractivity contribution in [2.24, 2.45) is 0 Å². The Kier molecular flexibility index (Phi) is 4.07. The molecule has 4 rings (SSSR count). The van der Waals surface area contributed by atoms with Gasteiger partial charge in [0.2, 0.25) is 11.7 Å². The van der Waals surface area contributed by atoms with Gasteiger partial charge in [-0.1, -0.05) is 0 Å². The number of hydrogen-bond acceptors (Lipinski definition) is 5. The number of thiophene rings is 1. The Bertz CT molecular complexity index is 817. The predicted molar refractivity (Wildman–Crippen MR) is 97.3 cm³/mol. The van der Waals surface area contributed by atoms with Crippen molar-refractivity contribution in [2.45, 2.75) is 38.0 Å². The molecule has 25 heavy (non-hydrogen) atoms. The van der Waals surface area contributed by atoms with E-state index in [0.29, 0.717) is 17.9 Å². The summed E-state index contributed by atoms with van der Waals surface area (Å²) >= 11 is 1.72. The monoisotopic (exact) mass is 359 g/mol. The van der Waals surface area contributed by atoms with E-state index < -0.39 is 0 Å². The van der Waals surface area contributed by atoms with E-state index in [1.165, 1.54) is 43.1 Å². The summed E-state index contributed by atoms with van der Waals surface area (Å²) < 4.78 is 10.6. The Morgan fingerprint density at radius 3 is 2.52 bits per heavy atom. The first-order valence-electron chi connectivity index (χ1n) is 8.51. The molecule has 2 heterocycles. The van der Waals surface area contributed by atoms with Gasteiger partial charge in [-0.25, -0.2) is 0 Å². The summed E-state index contributed by atoms with van der Waals surface area (Å²) in [5, 5.41) is 14.2. The van der Waals surface area contributed by atoms with E-state index in [0.717, 1.165) is 23.4 Å². The largest absolute Gasteiger partial charge is 0.502 e. The lowest BCUT2D eigenvalue weighted by molar-refractivity contribution is -0.116. The highest BCUT2D eigenvalue weighted by Gasteiger charge is 2.34. The van der Waals surface area contributed by atoms with E-state index in [-0.39, 0.29) is 17.6 Å². The molecule has 5 nitrogen and oxygen atoms in total. The summed E-state index contributed by atoms with van der Waals surface area (Å²) in [5.41, 5.74) is 3.59. The zero-order chi connectivity index (χ0) is 17.6. The van der Waals surface area contributed by atoms with Crippen LogP contribution in [0.1, 0.15) is 46.7 Å². The van der Waals surface area contributed by atoms with Gasteiger partial charge in [-0.2, -0.15) is 0 Å². The van der Waals surface area contributed by atoms with Gasteiger partial charge in [0.05, 0.1) is 19.2 Å². The molecule has 0 saturated heterocycles. The topological polar surface area (TPSA) is 67.8 Å². The minimum Gasteiger partial charge on any atom is -0.502 e. The maximum Gasteiger partial charge on any atom is 0.225 e. The summed E-state index contributed by atoms with van der Waals surface area (Å²) in [6.07, 6.45) is 4.97. The Hall–Kier alpha value is -2.21. The van der Waals surface area contributed by atoms with Crippen molar-refractivity contribution >= 4 is 22.2 Å². The van der Waals surface area contributed by atoms with Gasteiger partial charge in [-0.05, 0) is 54.5 Å². The summed E-state index contributed by atoms with van der Waals surface area (Å²) in [6.45, 7) is 0. The maximum atomic E-state index is 12.3. The molecule has 0 radical (unpaired) electrons. The first-order valence-corrected chi connectivity index (χ1v) is 9.33. The highest BCUT2D eigenvalue weighted by atomic mass is 32.1. The molecule has 1 atom stereocenters. The smallest absolute Gasteiger partial charge is 0.225 e. The van der Waals surface area contributed by atoms with Gasteiger partial charge in [0.1, 0.15) is 0 Å². The van der Waals surface area contributed by atoms with E-state index in [1.807, 2.05) is 12.1 Å². The summed E-state index contributed by atoms with van der Waals surface area (Å²) in [7, 11) is 3.04. The number of aryl methyl sites for hydroxylation is 1. The number of aromatic hydroxyl groups is 1. The third-order valence-electron chi connectivity index (χ3n) is 5.11. The zero-order valence-corrected chi connectivity index (χ0v) is 15.2. The van der Waals surface area contributed by atoms with Crippen LogP contribution in [0.3, 0.4) is 0 Å². The van der Waals surface area contributed by atoms with Crippen LogP contribution in [0.25, 0.3) is 0 Å². The fraction of sp³-hybridized carbons (Fsp3) is 0.421. The molecule has 1 aliphatic heterocycles. The number of phenols is 1. The third kappa shape index (κ3) is 2.65. The number of fused-ring (bicyclic) bond motifs is 3. The number of carbonyl (C=O) groups excluding carboxylic acids is 1. The lowest BCUT2D eigenvalue weighted by atomic mass is 9.82. The van der Waals surface area contributed by atoms with Gasteiger partial charge in [-0.3, -0.25) is 4.79 Å². The molecule has 6 heteroatoms. The number of anilines is 1. The van der Waals surface area contributed by atoms with Crippen LogP contribution in [-0.2, 0) is 17.6 Å². The van der Waals surface area contributed by atoms with Gasteiger partial charge in [-0.15, -0.1) is 11.3 Å². The highest BCUT2D eigenvalue weighted by molar-refractivity contribution is 7.16. The molecule has 1 aromatic carbocycles. The fourth-order valence-electron chi connectivity index (χ4n) is 3.92. The second-order valence-electron chi connectivity index (χ2n) is 6.53. The second kappa shape index (κ2) is 6.26. The molecule has 2 aliphatic rings. The van der Waals surface area contributed by atoms with Crippen LogP contribution in [-0.4, -0.2) is 25.2 Å². The van der Waals surface area contributed by atoms with Gasteiger partial charge >= 0.3 is 0 Å². The summed E-state index contributed by atoms with van der Waals surface area (Å²) in [4.78, 5) is 13.7. The molecule has 132 valence electrons. The Labute approximate surface area is 150 Å². The second-order valence-corrected chi connectivity index (χ2v) is 7.64. The van der Waals surface area contributed by atoms with Gasteiger partial charge < -0.3 is 19.9 Å². The number of rotatable bonds is 3. The van der Waals surface area contributed by atoms with Crippen molar-refractivity contribution in [3.63, 3.8) is 0 Å². The van der Waals surface area contributed by atoms with Crippen LogP contribution in [0.15, 0.2) is 12.1 Å². The van der Waals surface area contributed by atoms with E-state index >= 15 is 0 Å². The average Bonchev–Trinajstić information content (AvgIpc) is 2.99. The fourth-order valence-corrected chi connectivity index (χ4v) is 5.28. The van der Waals surface area contributed by atoms with Crippen molar-refractivity contribution in [2.75, 3.05) is 19.5 Å². The van der Waals surface area contributed by atoms with Crippen LogP contribution in [0, 0.1) is 0 Å². The Balaban J connectivity index is 1.87. The van der Waals surface area contributed by atoms with E-state index in [1.54, 1.807) is 11.3 Å². The number of methoxy groups -OCH3 is 2. The van der Waals surface area contributed by atoms with Gasteiger partial charge in [0.15, 0.2) is 11.5 Å². The van der Waals surface area contributed by atoms with Crippen LogP contribution in [0.4, 0.5) is 5.00 Å². The molecule has 0 fully saturated rings. The number of nitrogens with one attached hydrogen (secondary N) is 1. The lowest BCUT2D eigenvalue weighted by Gasteiger charge is -2.26. The van der Waals surface area contributed by atoms with Crippen LogP contribution < -0.4 is 14.8 Å². The van der Waals surface area contributed by atoms with E-state index in [9.17, 15) is 9.90 Å². The standard InChI is InChI=1S/C19H21NO4S/c1-23-13-7-10(8-14(24-2)18(13)22)12-9-16(21)20-19-17(12)11-5-3-4-6-15(11)25-19/h7-8,12,22H,3-6,9H2,1-2H3,(H,20,21)/t12-/m0/s1. The van der Waals surface area contributed by atoms with Crippen molar-refractivity contribution in [1.29, 1.82) is 0 Å². The van der Waals surface area contributed by atoms with E-state index in [4.69, 9.17) is 9.47 Å². The number of ether oxygens (including phenoxy) is 2. The van der Waals surface area contributed by atoms with Crippen LogP contribution >= 0.6 is 11.3 Å². The molecule has 1 aromatic heterocycles. The predicted octanol–water partition coefficient (Wildman–Crippen LogP) is 3.82. The zero-order valence-electron chi connectivity index (χ0n) is 14.3. The maximum absolute atomic E-state index is 12.3. The molecule has 0 saturated carbocycles. The van der Waals surface area contributed by atoms with Crippen molar-refractivity contribution in [3.8, 4) is 17.2 Å². The molecule has 2 aromatic rings. The SMILES string of the molecule is COc1cc([C@@H]2CC(=O)Nc3sc4c(c32)CCCC4)cc(OC)c1O. The highest BCUT2D eigenvalue weighted by Crippen LogP contribution is 2.49. The number of carbonyl (C=O) groups is 1. The molecular weight excluding hydrogens is 338 g/mol. The number of amides is 1. The quantitative estimate of drug-likeness (QED) is 0.874. The average molecular weight is 359 g/mol. The first-order chi connectivity index (χ1) is 12.1. The van der Waals surface area contributed by atoms with Gasteiger partial charge in [0.25, 0.3) is 0 Å². The van der Waals surface area contributed by atoms with Crippen LogP contribution in [0.5, 0.6) is 17.2 Å². The minimum atomic E-state index is -0.0368.